The number of anilines is 1. The average molecular weight is 325 g/mol. The largest absolute Gasteiger partial charge is 0.356 e. The third-order valence-electron chi connectivity index (χ3n) is 2.68. The molecule has 1 heterocycles. The Bertz CT molecular complexity index is 472. The molecule has 1 atom stereocenters. The number of amides is 1. The van der Waals surface area contributed by atoms with Crippen LogP contribution < -0.4 is 16.0 Å². The minimum Gasteiger partial charge on any atom is -0.356 e. The van der Waals surface area contributed by atoms with Crippen molar-refractivity contribution < 1.29 is 4.79 Å². The van der Waals surface area contributed by atoms with Crippen LogP contribution in [0.25, 0.3) is 0 Å². The molecule has 0 fully saturated rings. The summed E-state index contributed by atoms with van der Waals surface area (Å²) < 4.78 is 0.992. The van der Waals surface area contributed by atoms with Gasteiger partial charge in [-0.1, -0.05) is 15.9 Å². The molecule has 0 spiro atoms. The summed E-state index contributed by atoms with van der Waals surface area (Å²) in [6.07, 6.45) is 0.408. The molecule has 1 amide bonds. The van der Waals surface area contributed by atoms with Crippen LogP contribution >= 0.6 is 15.9 Å². The minimum absolute atomic E-state index is 0.0125. The first-order chi connectivity index (χ1) is 9.13. The third-order valence-corrected chi connectivity index (χ3v) is 3.21. The molecule has 5 nitrogen and oxygen atoms in total. The normalized spacial score (nSPS) is 17.6. The van der Waals surface area contributed by atoms with E-state index in [-0.39, 0.29) is 5.91 Å². The number of halogens is 1. The van der Waals surface area contributed by atoms with E-state index in [1.165, 1.54) is 0 Å². The number of guanidine groups is 1. The molecule has 6 heteroatoms. The summed E-state index contributed by atoms with van der Waals surface area (Å²) in [6, 6.07) is 7.89. The molecule has 0 saturated heterocycles. The minimum atomic E-state index is -0.0125. The van der Waals surface area contributed by atoms with Gasteiger partial charge in [-0.15, -0.1) is 0 Å². The maximum absolute atomic E-state index is 11.7. The maximum atomic E-state index is 11.7. The number of benzene rings is 1. The van der Waals surface area contributed by atoms with Crippen LogP contribution in [0.1, 0.15) is 13.3 Å². The zero-order valence-electron chi connectivity index (χ0n) is 10.7. The lowest BCUT2D eigenvalue weighted by Crippen LogP contribution is -2.38. The molecule has 19 heavy (non-hydrogen) atoms. The SMILES string of the molecule is CC1CN=C(NCCC(=O)Nc2ccc(Br)cc2)N1. The van der Waals surface area contributed by atoms with Crippen LogP contribution in [0.3, 0.4) is 0 Å². The van der Waals surface area contributed by atoms with Crippen molar-refractivity contribution in [2.75, 3.05) is 18.4 Å². The molecule has 2 rings (SSSR count). The van der Waals surface area contributed by atoms with Crippen molar-refractivity contribution in [3.8, 4) is 0 Å². The van der Waals surface area contributed by atoms with Crippen LogP contribution in [0, 0.1) is 0 Å². The first kappa shape index (κ1) is 13.9. The number of rotatable bonds is 4. The van der Waals surface area contributed by atoms with E-state index in [0.717, 1.165) is 22.7 Å². The summed E-state index contributed by atoms with van der Waals surface area (Å²) in [5, 5.41) is 9.14. The van der Waals surface area contributed by atoms with Crippen LogP contribution in [-0.4, -0.2) is 31.0 Å². The lowest BCUT2D eigenvalue weighted by Gasteiger charge is -2.09. The second-order valence-corrected chi connectivity index (χ2v) is 5.38. The Labute approximate surface area is 121 Å². The van der Waals surface area contributed by atoms with Gasteiger partial charge in [-0.3, -0.25) is 9.79 Å². The molecule has 0 aromatic heterocycles. The molecule has 1 unspecified atom stereocenters. The number of hydrogen-bond acceptors (Lipinski definition) is 4. The van der Waals surface area contributed by atoms with E-state index in [1.54, 1.807) is 0 Å². The van der Waals surface area contributed by atoms with Crippen molar-refractivity contribution in [2.24, 2.45) is 4.99 Å². The first-order valence-corrected chi connectivity index (χ1v) is 7.03. The summed E-state index contributed by atoms with van der Waals surface area (Å²) in [6.45, 7) is 3.42. The van der Waals surface area contributed by atoms with E-state index in [9.17, 15) is 4.79 Å². The van der Waals surface area contributed by atoms with Crippen molar-refractivity contribution in [3.63, 3.8) is 0 Å². The Kier molecular flexibility index (Phi) is 4.79. The topological polar surface area (TPSA) is 65.5 Å². The van der Waals surface area contributed by atoms with E-state index in [2.05, 4.69) is 43.8 Å². The molecule has 3 N–H and O–H groups in total. The quantitative estimate of drug-likeness (QED) is 0.790. The van der Waals surface area contributed by atoms with Crippen LogP contribution in [0.4, 0.5) is 5.69 Å². The molecule has 0 aliphatic carbocycles. The van der Waals surface area contributed by atoms with Crippen molar-refractivity contribution >= 4 is 33.5 Å². The van der Waals surface area contributed by atoms with Crippen molar-refractivity contribution in [2.45, 2.75) is 19.4 Å². The van der Waals surface area contributed by atoms with Gasteiger partial charge >= 0.3 is 0 Å². The second-order valence-electron chi connectivity index (χ2n) is 4.47. The second kappa shape index (κ2) is 6.56. The highest BCUT2D eigenvalue weighted by Crippen LogP contribution is 2.14. The summed E-state index contributed by atoms with van der Waals surface area (Å²) in [5.74, 6) is 0.769. The van der Waals surface area contributed by atoms with Gasteiger partial charge in [0.25, 0.3) is 0 Å². The maximum Gasteiger partial charge on any atom is 0.226 e. The molecule has 1 aliphatic rings. The summed E-state index contributed by atoms with van der Waals surface area (Å²) in [7, 11) is 0. The number of nitrogens with one attached hydrogen (secondary N) is 3. The fourth-order valence-electron chi connectivity index (χ4n) is 1.71. The Morgan fingerprint density at radius 3 is 2.84 bits per heavy atom. The molecule has 1 aliphatic heterocycles. The highest BCUT2D eigenvalue weighted by molar-refractivity contribution is 9.10. The smallest absolute Gasteiger partial charge is 0.226 e. The Hall–Kier alpha value is -1.56. The molecule has 0 radical (unpaired) electrons. The standard InChI is InChI=1S/C13H17BrN4O/c1-9-8-16-13(17-9)15-7-6-12(19)18-11-4-2-10(14)3-5-11/h2-5,9H,6-8H2,1H3,(H,18,19)(H2,15,16,17). The van der Waals surface area contributed by atoms with Gasteiger partial charge in [-0.05, 0) is 31.2 Å². The van der Waals surface area contributed by atoms with Gasteiger partial charge in [0.2, 0.25) is 5.91 Å². The van der Waals surface area contributed by atoms with Crippen molar-refractivity contribution in [1.29, 1.82) is 0 Å². The molecule has 0 saturated carbocycles. The van der Waals surface area contributed by atoms with Gasteiger partial charge in [0, 0.05) is 29.2 Å². The Morgan fingerprint density at radius 1 is 1.47 bits per heavy atom. The predicted molar refractivity (Wildman–Crippen MR) is 80.3 cm³/mol. The lowest BCUT2D eigenvalue weighted by atomic mass is 10.3. The van der Waals surface area contributed by atoms with Gasteiger partial charge in [0.1, 0.15) is 0 Å². The number of carbonyl (C=O) groups is 1. The molecular weight excluding hydrogens is 308 g/mol. The monoisotopic (exact) mass is 324 g/mol. The summed E-state index contributed by atoms with van der Waals surface area (Å²) >= 11 is 3.35. The van der Waals surface area contributed by atoms with Crippen LogP contribution in [0.15, 0.2) is 33.7 Å². The van der Waals surface area contributed by atoms with E-state index in [0.29, 0.717) is 19.0 Å². The van der Waals surface area contributed by atoms with Gasteiger partial charge < -0.3 is 16.0 Å². The van der Waals surface area contributed by atoms with Gasteiger partial charge in [-0.2, -0.15) is 0 Å². The molecule has 1 aromatic rings. The summed E-state index contributed by atoms with van der Waals surface area (Å²) in [5.41, 5.74) is 0.804. The highest BCUT2D eigenvalue weighted by Gasteiger charge is 2.11. The Morgan fingerprint density at radius 2 is 2.21 bits per heavy atom. The fraction of sp³-hybridized carbons (Fsp3) is 0.385. The molecular formula is C13H17BrN4O. The average Bonchev–Trinajstić information content (AvgIpc) is 2.78. The highest BCUT2D eigenvalue weighted by atomic mass is 79.9. The van der Waals surface area contributed by atoms with Crippen LogP contribution in [0.2, 0.25) is 0 Å². The number of hydrogen-bond donors (Lipinski definition) is 3. The van der Waals surface area contributed by atoms with Crippen LogP contribution in [-0.2, 0) is 4.79 Å². The third kappa shape index (κ3) is 4.55. The van der Waals surface area contributed by atoms with E-state index in [1.807, 2.05) is 24.3 Å². The fourth-order valence-corrected chi connectivity index (χ4v) is 1.98. The van der Waals surface area contributed by atoms with E-state index < -0.39 is 0 Å². The molecule has 0 bridgehead atoms. The first-order valence-electron chi connectivity index (χ1n) is 6.24. The van der Waals surface area contributed by atoms with E-state index in [4.69, 9.17) is 0 Å². The van der Waals surface area contributed by atoms with Gasteiger partial charge in [0.15, 0.2) is 5.96 Å². The zero-order chi connectivity index (χ0) is 13.7. The lowest BCUT2D eigenvalue weighted by molar-refractivity contribution is -0.116. The molecule has 102 valence electrons. The molecule has 1 aromatic carbocycles. The van der Waals surface area contributed by atoms with Gasteiger partial charge in [-0.25, -0.2) is 0 Å². The van der Waals surface area contributed by atoms with Crippen molar-refractivity contribution in [1.82, 2.24) is 10.6 Å². The summed E-state index contributed by atoms with van der Waals surface area (Å²) in [4.78, 5) is 16.0. The van der Waals surface area contributed by atoms with Crippen molar-refractivity contribution in [3.05, 3.63) is 28.7 Å². The number of nitrogens with zero attached hydrogens (tertiary/aromatic N) is 1. The zero-order valence-corrected chi connectivity index (χ0v) is 12.3. The van der Waals surface area contributed by atoms with Crippen LogP contribution in [0.5, 0.6) is 0 Å². The predicted octanol–water partition coefficient (Wildman–Crippen LogP) is 1.71. The van der Waals surface area contributed by atoms with E-state index >= 15 is 0 Å². The van der Waals surface area contributed by atoms with Gasteiger partial charge in [0.05, 0.1) is 6.54 Å². The Balaban J connectivity index is 1.69. The number of aliphatic imine (C=N–C) groups is 1. The number of carbonyl (C=O) groups excluding carboxylic acids is 1.